The van der Waals surface area contributed by atoms with E-state index in [9.17, 15) is 13.2 Å². The molecule has 0 bridgehead atoms. The van der Waals surface area contributed by atoms with Crippen LogP contribution in [0.1, 0.15) is 5.56 Å². The predicted molar refractivity (Wildman–Crippen MR) is 102 cm³/mol. The molecule has 134 valence electrons. The van der Waals surface area contributed by atoms with Crippen LogP contribution in [0.15, 0.2) is 71.6 Å². The van der Waals surface area contributed by atoms with Crippen molar-refractivity contribution in [2.75, 3.05) is 11.9 Å². The number of nitrogens with two attached hydrogens (primary N) is 1. The fraction of sp³-hybridized carbons (Fsp3) is 0.105. The van der Waals surface area contributed by atoms with E-state index < -0.39 is 10.0 Å². The lowest BCUT2D eigenvalue weighted by Crippen LogP contribution is -2.30. The highest BCUT2D eigenvalue weighted by atomic mass is 32.2. The minimum absolute atomic E-state index is 0.0721. The summed E-state index contributed by atoms with van der Waals surface area (Å²) in [5, 5.41) is 12.7. The molecule has 26 heavy (non-hydrogen) atoms. The van der Waals surface area contributed by atoms with Crippen molar-refractivity contribution >= 4 is 32.5 Å². The minimum atomic E-state index is -3.69. The Bertz CT molecular complexity index is 1030. The average Bonchev–Trinajstić information content (AvgIpc) is 2.62. The number of benzene rings is 3. The van der Waals surface area contributed by atoms with Crippen molar-refractivity contribution in [3.8, 4) is 0 Å². The number of amides is 2. The molecule has 0 atom stereocenters. The first-order valence-electron chi connectivity index (χ1n) is 8.08. The van der Waals surface area contributed by atoms with Crippen LogP contribution in [0.4, 0.5) is 10.5 Å². The Kier molecular flexibility index (Phi) is 5.20. The summed E-state index contributed by atoms with van der Waals surface area (Å²) in [6.45, 7) is 0.422. The number of sulfonamides is 1. The van der Waals surface area contributed by atoms with Crippen LogP contribution in [0, 0.1) is 0 Å². The predicted octanol–water partition coefficient (Wildman–Crippen LogP) is 2.85. The van der Waals surface area contributed by atoms with Gasteiger partial charge in [0.05, 0.1) is 10.6 Å². The summed E-state index contributed by atoms with van der Waals surface area (Å²) in [4.78, 5) is 12.2. The summed E-state index contributed by atoms with van der Waals surface area (Å²) < 4.78 is 22.5. The van der Waals surface area contributed by atoms with Crippen LogP contribution in [0.25, 0.3) is 10.8 Å². The first-order valence-corrected chi connectivity index (χ1v) is 9.62. The first kappa shape index (κ1) is 17.9. The molecular weight excluding hydrogens is 350 g/mol. The van der Waals surface area contributed by atoms with Gasteiger partial charge in [-0.25, -0.2) is 18.4 Å². The Morgan fingerprint density at radius 2 is 1.62 bits per heavy atom. The zero-order chi connectivity index (χ0) is 18.6. The van der Waals surface area contributed by atoms with E-state index in [0.717, 1.165) is 22.0 Å². The minimum Gasteiger partial charge on any atom is -0.338 e. The fourth-order valence-electron chi connectivity index (χ4n) is 2.67. The summed E-state index contributed by atoms with van der Waals surface area (Å²) in [5.41, 5.74) is 1.65. The van der Waals surface area contributed by atoms with Crippen LogP contribution in [0.2, 0.25) is 0 Å². The van der Waals surface area contributed by atoms with Crippen LogP contribution in [0.3, 0.4) is 0 Å². The summed E-state index contributed by atoms with van der Waals surface area (Å²) in [6, 6.07) is 19.6. The van der Waals surface area contributed by atoms with Crippen molar-refractivity contribution in [2.24, 2.45) is 5.14 Å². The van der Waals surface area contributed by atoms with Crippen LogP contribution < -0.4 is 15.8 Å². The maximum absolute atomic E-state index is 12.1. The van der Waals surface area contributed by atoms with Crippen LogP contribution in [-0.4, -0.2) is 21.0 Å². The standard InChI is InChI=1S/C19H19N3O3S/c20-26(24,25)16-10-8-14(9-11-16)12-13-21-19(23)22-18-7-3-5-15-4-1-2-6-17(15)18/h1-11H,12-13H2,(H2,20,24,25)(H2,21,22,23). The monoisotopic (exact) mass is 369 g/mol. The summed E-state index contributed by atoms with van der Waals surface area (Å²) in [5.74, 6) is 0. The van der Waals surface area contributed by atoms with E-state index in [1.165, 1.54) is 12.1 Å². The highest BCUT2D eigenvalue weighted by molar-refractivity contribution is 7.89. The second-order valence-corrected chi connectivity index (χ2v) is 7.41. The number of primary sulfonamides is 1. The number of rotatable bonds is 5. The largest absolute Gasteiger partial charge is 0.338 e. The third-order valence-electron chi connectivity index (χ3n) is 3.99. The molecule has 0 spiro atoms. The maximum Gasteiger partial charge on any atom is 0.319 e. The van der Waals surface area contributed by atoms with Crippen molar-refractivity contribution in [3.63, 3.8) is 0 Å². The van der Waals surface area contributed by atoms with Crippen molar-refractivity contribution in [3.05, 3.63) is 72.3 Å². The fourth-order valence-corrected chi connectivity index (χ4v) is 3.18. The van der Waals surface area contributed by atoms with Gasteiger partial charge in [0, 0.05) is 11.9 Å². The van der Waals surface area contributed by atoms with Gasteiger partial charge in [-0.2, -0.15) is 0 Å². The Morgan fingerprint density at radius 3 is 2.35 bits per heavy atom. The van der Waals surface area contributed by atoms with Crippen molar-refractivity contribution in [1.29, 1.82) is 0 Å². The van der Waals surface area contributed by atoms with E-state index in [1.807, 2.05) is 42.5 Å². The molecule has 2 amide bonds. The van der Waals surface area contributed by atoms with Gasteiger partial charge in [0.1, 0.15) is 0 Å². The molecule has 0 saturated heterocycles. The van der Waals surface area contributed by atoms with Gasteiger partial charge >= 0.3 is 6.03 Å². The van der Waals surface area contributed by atoms with Crippen molar-refractivity contribution in [2.45, 2.75) is 11.3 Å². The second-order valence-electron chi connectivity index (χ2n) is 5.85. The van der Waals surface area contributed by atoms with E-state index in [4.69, 9.17) is 5.14 Å². The highest BCUT2D eigenvalue weighted by Crippen LogP contribution is 2.22. The maximum atomic E-state index is 12.1. The lowest BCUT2D eigenvalue weighted by Gasteiger charge is -2.10. The number of anilines is 1. The van der Waals surface area contributed by atoms with Gasteiger partial charge < -0.3 is 10.6 Å². The molecule has 0 unspecified atom stereocenters. The van der Waals surface area contributed by atoms with Crippen molar-refractivity contribution in [1.82, 2.24) is 5.32 Å². The van der Waals surface area contributed by atoms with Crippen LogP contribution in [-0.2, 0) is 16.4 Å². The number of fused-ring (bicyclic) bond motifs is 1. The van der Waals surface area contributed by atoms with Gasteiger partial charge in [-0.1, -0.05) is 48.5 Å². The summed E-state index contributed by atoms with van der Waals surface area (Å²) in [7, 11) is -3.69. The number of hydrogen-bond donors (Lipinski definition) is 3. The Hall–Kier alpha value is -2.90. The molecule has 0 fully saturated rings. The quantitative estimate of drug-likeness (QED) is 0.644. The van der Waals surface area contributed by atoms with Crippen molar-refractivity contribution < 1.29 is 13.2 Å². The van der Waals surface area contributed by atoms with Gasteiger partial charge in [0.25, 0.3) is 0 Å². The van der Waals surface area contributed by atoms with Crippen LogP contribution in [0.5, 0.6) is 0 Å². The van der Waals surface area contributed by atoms with Crippen LogP contribution >= 0.6 is 0 Å². The summed E-state index contributed by atoms with van der Waals surface area (Å²) >= 11 is 0. The van der Waals surface area contributed by atoms with Gasteiger partial charge in [-0.15, -0.1) is 0 Å². The Labute approximate surface area is 152 Å². The highest BCUT2D eigenvalue weighted by Gasteiger charge is 2.07. The smallest absolute Gasteiger partial charge is 0.319 e. The number of hydrogen-bond acceptors (Lipinski definition) is 3. The molecule has 4 N–H and O–H groups in total. The average molecular weight is 369 g/mol. The second kappa shape index (κ2) is 7.55. The number of urea groups is 1. The number of carbonyl (C=O) groups is 1. The van der Waals surface area contributed by atoms with Gasteiger partial charge in [0.2, 0.25) is 10.0 Å². The number of nitrogens with one attached hydrogen (secondary N) is 2. The SMILES string of the molecule is NS(=O)(=O)c1ccc(CCNC(=O)Nc2cccc3ccccc23)cc1. The molecule has 0 radical (unpaired) electrons. The molecule has 6 nitrogen and oxygen atoms in total. The molecule has 7 heteroatoms. The van der Waals surface area contributed by atoms with Gasteiger partial charge in [-0.3, -0.25) is 0 Å². The third kappa shape index (κ3) is 4.38. The molecule has 0 saturated carbocycles. The third-order valence-corrected chi connectivity index (χ3v) is 4.92. The lowest BCUT2D eigenvalue weighted by atomic mass is 10.1. The zero-order valence-corrected chi connectivity index (χ0v) is 14.8. The Balaban J connectivity index is 1.56. The normalized spacial score (nSPS) is 11.3. The molecule has 3 aromatic rings. The molecule has 0 heterocycles. The van der Waals surface area contributed by atoms with E-state index in [-0.39, 0.29) is 10.9 Å². The molecule has 0 aliphatic heterocycles. The zero-order valence-electron chi connectivity index (χ0n) is 14.0. The topological polar surface area (TPSA) is 101 Å². The molecule has 0 aliphatic rings. The molecule has 3 rings (SSSR count). The number of carbonyl (C=O) groups excluding carboxylic acids is 1. The molecule has 3 aromatic carbocycles. The Morgan fingerprint density at radius 1 is 0.923 bits per heavy atom. The molecular formula is C19H19N3O3S. The van der Waals surface area contributed by atoms with E-state index in [0.29, 0.717) is 13.0 Å². The first-order chi connectivity index (χ1) is 12.4. The molecule has 0 aromatic heterocycles. The van der Waals surface area contributed by atoms with E-state index in [1.54, 1.807) is 12.1 Å². The lowest BCUT2D eigenvalue weighted by molar-refractivity contribution is 0.252. The van der Waals surface area contributed by atoms with Gasteiger partial charge in [0.15, 0.2) is 0 Å². The van der Waals surface area contributed by atoms with E-state index in [2.05, 4.69) is 10.6 Å². The molecule has 0 aliphatic carbocycles. The van der Waals surface area contributed by atoms with E-state index >= 15 is 0 Å². The summed E-state index contributed by atoms with van der Waals surface area (Å²) in [6.07, 6.45) is 0.577. The van der Waals surface area contributed by atoms with Gasteiger partial charge in [-0.05, 0) is 35.6 Å².